The van der Waals surface area contributed by atoms with E-state index < -0.39 is 0 Å². The van der Waals surface area contributed by atoms with E-state index in [0.717, 1.165) is 0 Å². The number of amides is 1. The number of rotatable bonds is 3. The molecule has 1 aromatic heterocycles. The van der Waals surface area contributed by atoms with Gasteiger partial charge in [0.25, 0.3) is 0 Å². The Kier molecular flexibility index (Phi) is 3.24. The molecule has 0 aliphatic rings. The fourth-order valence-electron chi connectivity index (χ4n) is 1.30. The van der Waals surface area contributed by atoms with Gasteiger partial charge in [0, 0.05) is 14.1 Å². The van der Waals surface area contributed by atoms with Crippen molar-refractivity contribution in [1.82, 2.24) is 14.5 Å². The highest BCUT2D eigenvalue weighted by Crippen LogP contribution is 2.11. The number of aromatic nitrogens is 2. The highest BCUT2D eigenvalue weighted by molar-refractivity contribution is 5.79. The van der Waals surface area contributed by atoms with Gasteiger partial charge in [0.2, 0.25) is 5.91 Å². The first-order chi connectivity index (χ1) is 6.57. The third-order valence-corrected chi connectivity index (χ3v) is 2.12. The third-order valence-electron chi connectivity index (χ3n) is 2.12. The maximum Gasteiger partial charge on any atom is 0.244 e. The van der Waals surface area contributed by atoms with Crippen LogP contribution in [0.4, 0.5) is 0 Å². The monoisotopic (exact) mass is 197 g/mol. The molecule has 1 unspecified atom stereocenters. The first-order valence-electron chi connectivity index (χ1n) is 4.40. The van der Waals surface area contributed by atoms with E-state index in [1.165, 1.54) is 4.90 Å². The minimum atomic E-state index is -0.324. The SMILES string of the molecule is CC(C(=O)N(C)C)n1cncc1CO. The standard InChI is InChI=1S/C9H15N3O2/c1-7(9(14)11(2)3)12-6-10-4-8(12)5-13/h4,6-7,13H,5H2,1-3H3. The Labute approximate surface area is 83.0 Å². The minimum absolute atomic E-state index is 0.0160. The molecule has 0 spiro atoms. The van der Waals surface area contributed by atoms with Crippen LogP contribution in [0.25, 0.3) is 0 Å². The van der Waals surface area contributed by atoms with Crippen LogP contribution in [0.3, 0.4) is 0 Å². The Bertz CT molecular complexity index is 320. The molecule has 78 valence electrons. The van der Waals surface area contributed by atoms with Gasteiger partial charge in [-0.05, 0) is 6.92 Å². The number of nitrogens with zero attached hydrogens (tertiary/aromatic N) is 3. The average Bonchev–Trinajstić information content (AvgIpc) is 2.62. The molecule has 1 N–H and O–H groups in total. The Balaban J connectivity index is 2.88. The summed E-state index contributed by atoms with van der Waals surface area (Å²) in [6.45, 7) is 1.67. The second-order valence-electron chi connectivity index (χ2n) is 3.36. The van der Waals surface area contributed by atoms with Crippen molar-refractivity contribution < 1.29 is 9.90 Å². The molecule has 0 aliphatic heterocycles. The smallest absolute Gasteiger partial charge is 0.244 e. The van der Waals surface area contributed by atoms with E-state index in [2.05, 4.69) is 4.98 Å². The van der Waals surface area contributed by atoms with Crippen LogP contribution < -0.4 is 0 Å². The van der Waals surface area contributed by atoms with Crippen LogP contribution in [0.15, 0.2) is 12.5 Å². The van der Waals surface area contributed by atoms with Crippen LogP contribution >= 0.6 is 0 Å². The summed E-state index contributed by atoms with van der Waals surface area (Å²) < 4.78 is 1.67. The molecule has 0 saturated heterocycles. The third kappa shape index (κ3) is 1.93. The van der Waals surface area contributed by atoms with Crippen LogP contribution in [0.2, 0.25) is 0 Å². The Morgan fingerprint density at radius 1 is 1.71 bits per heavy atom. The van der Waals surface area contributed by atoms with Crippen molar-refractivity contribution in [2.75, 3.05) is 14.1 Å². The molecule has 5 nitrogen and oxygen atoms in total. The molecule has 0 bridgehead atoms. The first-order valence-corrected chi connectivity index (χ1v) is 4.40. The van der Waals surface area contributed by atoms with E-state index in [1.54, 1.807) is 38.1 Å². The lowest BCUT2D eigenvalue weighted by atomic mass is 10.3. The zero-order valence-electron chi connectivity index (χ0n) is 8.64. The molecule has 1 atom stereocenters. The summed E-state index contributed by atoms with van der Waals surface area (Å²) in [6.07, 6.45) is 3.11. The number of hydrogen-bond acceptors (Lipinski definition) is 3. The van der Waals surface area contributed by atoms with Crippen molar-refractivity contribution in [1.29, 1.82) is 0 Å². The minimum Gasteiger partial charge on any atom is -0.390 e. The van der Waals surface area contributed by atoms with Crippen LogP contribution in [0, 0.1) is 0 Å². The van der Waals surface area contributed by atoms with Gasteiger partial charge in [0.05, 0.1) is 24.8 Å². The summed E-state index contributed by atoms with van der Waals surface area (Å²) in [5.41, 5.74) is 0.646. The van der Waals surface area contributed by atoms with Gasteiger partial charge in [-0.1, -0.05) is 0 Å². The Hall–Kier alpha value is -1.36. The molecule has 0 fully saturated rings. The molecular weight excluding hydrogens is 182 g/mol. The lowest BCUT2D eigenvalue weighted by molar-refractivity contribution is -0.131. The van der Waals surface area contributed by atoms with E-state index in [4.69, 9.17) is 5.11 Å². The average molecular weight is 197 g/mol. The summed E-state index contributed by atoms with van der Waals surface area (Å²) in [4.78, 5) is 17.0. The highest BCUT2D eigenvalue weighted by atomic mass is 16.3. The fraction of sp³-hybridized carbons (Fsp3) is 0.556. The van der Waals surface area contributed by atoms with E-state index in [1.807, 2.05) is 0 Å². The molecule has 0 saturated carbocycles. The van der Waals surface area contributed by atoms with Gasteiger partial charge in [0.1, 0.15) is 6.04 Å². The van der Waals surface area contributed by atoms with Crippen molar-refractivity contribution in [2.24, 2.45) is 0 Å². The van der Waals surface area contributed by atoms with Gasteiger partial charge < -0.3 is 14.6 Å². The van der Waals surface area contributed by atoms with Crippen molar-refractivity contribution >= 4 is 5.91 Å². The molecule has 1 amide bonds. The van der Waals surface area contributed by atoms with Crippen LogP contribution in [0.5, 0.6) is 0 Å². The maximum atomic E-state index is 11.6. The summed E-state index contributed by atoms with van der Waals surface area (Å²) in [6, 6.07) is -0.324. The van der Waals surface area contributed by atoms with Gasteiger partial charge in [-0.2, -0.15) is 0 Å². The van der Waals surface area contributed by atoms with Crippen LogP contribution in [-0.2, 0) is 11.4 Å². The van der Waals surface area contributed by atoms with Crippen molar-refractivity contribution in [2.45, 2.75) is 19.6 Å². The number of carbonyl (C=O) groups excluding carboxylic acids is 1. The maximum absolute atomic E-state index is 11.6. The van der Waals surface area contributed by atoms with E-state index in [0.29, 0.717) is 5.69 Å². The fourth-order valence-corrected chi connectivity index (χ4v) is 1.30. The second-order valence-corrected chi connectivity index (χ2v) is 3.36. The molecule has 5 heteroatoms. The number of likely N-dealkylation sites (N-methyl/N-ethyl adjacent to an activating group) is 1. The molecule has 1 rings (SSSR count). The normalized spacial score (nSPS) is 12.6. The summed E-state index contributed by atoms with van der Waals surface area (Å²) in [5.74, 6) is -0.0160. The van der Waals surface area contributed by atoms with Gasteiger partial charge in [0.15, 0.2) is 0 Å². The molecule has 0 radical (unpaired) electrons. The number of hydrogen-bond donors (Lipinski definition) is 1. The number of aliphatic hydroxyl groups is 1. The first kappa shape index (κ1) is 10.7. The van der Waals surface area contributed by atoms with Crippen molar-refractivity contribution in [3.8, 4) is 0 Å². The molecular formula is C9H15N3O2. The zero-order chi connectivity index (χ0) is 10.7. The van der Waals surface area contributed by atoms with E-state index in [9.17, 15) is 4.79 Å². The zero-order valence-corrected chi connectivity index (χ0v) is 8.64. The second kappa shape index (κ2) is 4.23. The topological polar surface area (TPSA) is 58.4 Å². The predicted molar refractivity (Wildman–Crippen MR) is 51.6 cm³/mol. The van der Waals surface area contributed by atoms with E-state index >= 15 is 0 Å². The summed E-state index contributed by atoms with van der Waals surface area (Å²) >= 11 is 0. The number of imidazole rings is 1. The molecule has 0 aliphatic carbocycles. The summed E-state index contributed by atoms with van der Waals surface area (Å²) in [7, 11) is 3.41. The lowest BCUT2D eigenvalue weighted by Crippen LogP contribution is -2.30. The predicted octanol–water partition coefficient (Wildman–Crippen LogP) is 0.0246. The molecule has 14 heavy (non-hydrogen) atoms. The lowest BCUT2D eigenvalue weighted by Gasteiger charge is -2.19. The molecule has 1 aromatic rings. The van der Waals surface area contributed by atoms with Crippen LogP contribution in [-0.4, -0.2) is 39.6 Å². The quantitative estimate of drug-likeness (QED) is 0.743. The summed E-state index contributed by atoms with van der Waals surface area (Å²) in [5, 5.41) is 8.99. The van der Waals surface area contributed by atoms with Crippen molar-refractivity contribution in [3.05, 3.63) is 18.2 Å². The van der Waals surface area contributed by atoms with Crippen molar-refractivity contribution in [3.63, 3.8) is 0 Å². The Morgan fingerprint density at radius 2 is 2.36 bits per heavy atom. The number of aliphatic hydroxyl groups excluding tert-OH is 1. The van der Waals surface area contributed by atoms with Gasteiger partial charge in [-0.25, -0.2) is 4.98 Å². The van der Waals surface area contributed by atoms with Gasteiger partial charge in [-0.15, -0.1) is 0 Å². The largest absolute Gasteiger partial charge is 0.390 e. The van der Waals surface area contributed by atoms with Crippen LogP contribution in [0.1, 0.15) is 18.7 Å². The van der Waals surface area contributed by atoms with E-state index in [-0.39, 0.29) is 18.6 Å². The Morgan fingerprint density at radius 3 is 2.86 bits per heavy atom. The molecule has 0 aromatic carbocycles. The number of carbonyl (C=O) groups is 1. The molecule has 1 heterocycles. The van der Waals surface area contributed by atoms with Gasteiger partial charge in [-0.3, -0.25) is 4.79 Å². The highest BCUT2D eigenvalue weighted by Gasteiger charge is 2.18. The van der Waals surface area contributed by atoms with Gasteiger partial charge >= 0.3 is 0 Å².